The minimum Gasteiger partial charge on any atom is -0.315 e. The Morgan fingerprint density at radius 2 is 1.67 bits per heavy atom. The third kappa shape index (κ3) is 4.12. The van der Waals surface area contributed by atoms with Crippen molar-refractivity contribution in [1.29, 1.82) is 0 Å². The third-order valence-corrected chi connectivity index (χ3v) is 3.87. The van der Waals surface area contributed by atoms with Crippen molar-refractivity contribution in [2.45, 2.75) is 57.4 Å². The van der Waals surface area contributed by atoms with Crippen LogP contribution in [0.25, 0.3) is 0 Å². The molecule has 1 heterocycles. The van der Waals surface area contributed by atoms with Crippen molar-refractivity contribution in [3.63, 3.8) is 0 Å². The van der Waals surface area contributed by atoms with Crippen LogP contribution >= 0.6 is 0 Å². The van der Waals surface area contributed by atoms with Gasteiger partial charge >= 0.3 is 0 Å². The number of nitrogens with zero attached hydrogens (tertiary/aromatic N) is 1. The van der Waals surface area contributed by atoms with Crippen LogP contribution in [0.1, 0.15) is 51.4 Å². The quantitative estimate of drug-likeness (QED) is 0.755. The highest BCUT2D eigenvalue weighted by Crippen LogP contribution is 2.22. The molecule has 0 amide bonds. The first-order valence-corrected chi connectivity index (χ1v) is 6.82. The molecular formula is C13H25N2. The van der Waals surface area contributed by atoms with Gasteiger partial charge in [0.15, 0.2) is 0 Å². The van der Waals surface area contributed by atoms with Gasteiger partial charge in [-0.05, 0) is 38.1 Å². The largest absolute Gasteiger partial charge is 0.315 e. The second-order valence-electron chi connectivity index (χ2n) is 5.22. The highest BCUT2D eigenvalue weighted by Gasteiger charge is 2.16. The zero-order valence-electron chi connectivity index (χ0n) is 9.88. The Kier molecular flexibility index (Phi) is 4.94. The van der Waals surface area contributed by atoms with E-state index in [0.717, 1.165) is 19.0 Å². The summed E-state index contributed by atoms with van der Waals surface area (Å²) in [6.07, 6.45) is 11.3. The average molecular weight is 209 g/mol. The average Bonchev–Trinajstić information content (AvgIpc) is 2.32. The first-order chi connectivity index (χ1) is 7.45. The fourth-order valence-electron chi connectivity index (χ4n) is 2.87. The fourth-order valence-corrected chi connectivity index (χ4v) is 2.87. The molecule has 87 valence electrons. The van der Waals surface area contributed by atoms with Crippen molar-refractivity contribution in [1.82, 2.24) is 10.6 Å². The van der Waals surface area contributed by atoms with Gasteiger partial charge in [0.2, 0.25) is 0 Å². The number of nitrogens with one attached hydrogen (secondary N) is 1. The van der Waals surface area contributed by atoms with Gasteiger partial charge in [-0.1, -0.05) is 25.7 Å². The van der Waals surface area contributed by atoms with E-state index in [4.69, 9.17) is 0 Å². The smallest absolute Gasteiger partial charge is 0.0370 e. The van der Waals surface area contributed by atoms with Gasteiger partial charge in [-0.3, -0.25) is 0 Å². The van der Waals surface area contributed by atoms with E-state index in [1.165, 1.54) is 57.9 Å². The first-order valence-electron chi connectivity index (χ1n) is 6.82. The van der Waals surface area contributed by atoms with Crippen molar-refractivity contribution in [2.75, 3.05) is 19.6 Å². The number of hydrogen-bond donors (Lipinski definition) is 1. The molecule has 1 aliphatic heterocycles. The van der Waals surface area contributed by atoms with E-state index in [2.05, 4.69) is 10.6 Å². The maximum absolute atomic E-state index is 4.65. The molecular weight excluding hydrogens is 184 g/mol. The molecule has 0 bridgehead atoms. The lowest BCUT2D eigenvalue weighted by molar-refractivity contribution is 0.321. The van der Waals surface area contributed by atoms with E-state index in [9.17, 15) is 0 Å². The van der Waals surface area contributed by atoms with Crippen LogP contribution in [0.2, 0.25) is 0 Å². The molecule has 2 aliphatic rings. The Labute approximate surface area is 94.2 Å². The molecule has 0 aromatic rings. The highest BCUT2D eigenvalue weighted by atomic mass is 15.0. The van der Waals surface area contributed by atoms with Crippen LogP contribution < -0.4 is 10.6 Å². The fraction of sp³-hybridized carbons (Fsp3) is 1.00. The molecule has 2 fully saturated rings. The van der Waals surface area contributed by atoms with E-state index >= 15 is 0 Å². The van der Waals surface area contributed by atoms with Crippen molar-refractivity contribution < 1.29 is 0 Å². The van der Waals surface area contributed by atoms with E-state index in [0.29, 0.717) is 6.04 Å². The van der Waals surface area contributed by atoms with Gasteiger partial charge in [-0.15, -0.1) is 0 Å². The minimum atomic E-state index is 0.627. The molecule has 1 aliphatic carbocycles. The third-order valence-electron chi connectivity index (χ3n) is 3.87. The molecule has 1 radical (unpaired) electrons. The molecule has 0 spiro atoms. The van der Waals surface area contributed by atoms with E-state index in [-0.39, 0.29) is 0 Å². The summed E-state index contributed by atoms with van der Waals surface area (Å²) in [6, 6.07) is 0.627. The van der Waals surface area contributed by atoms with Crippen LogP contribution in [0.3, 0.4) is 0 Å². The summed E-state index contributed by atoms with van der Waals surface area (Å²) in [5, 5.41) is 8.28. The van der Waals surface area contributed by atoms with Crippen LogP contribution in [0, 0.1) is 5.92 Å². The van der Waals surface area contributed by atoms with Gasteiger partial charge in [0.1, 0.15) is 0 Å². The van der Waals surface area contributed by atoms with Crippen LogP contribution in [0.4, 0.5) is 0 Å². The number of piperidine rings is 1. The zero-order valence-corrected chi connectivity index (χ0v) is 9.88. The molecule has 15 heavy (non-hydrogen) atoms. The highest BCUT2D eigenvalue weighted by molar-refractivity contribution is 4.75. The summed E-state index contributed by atoms with van der Waals surface area (Å²) in [5.74, 6) is 0.961. The minimum absolute atomic E-state index is 0.627. The van der Waals surface area contributed by atoms with Gasteiger partial charge in [-0.2, -0.15) is 0 Å². The molecule has 1 unspecified atom stereocenters. The second-order valence-corrected chi connectivity index (χ2v) is 5.22. The predicted octanol–water partition coefficient (Wildman–Crippen LogP) is 2.31. The summed E-state index contributed by atoms with van der Waals surface area (Å²) in [5.41, 5.74) is 0. The van der Waals surface area contributed by atoms with Crippen LogP contribution in [-0.2, 0) is 0 Å². The predicted molar refractivity (Wildman–Crippen MR) is 64.1 cm³/mol. The van der Waals surface area contributed by atoms with E-state index < -0.39 is 0 Å². The number of rotatable bonds is 4. The van der Waals surface area contributed by atoms with Crippen LogP contribution in [0.15, 0.2) is 0 Å². The molecule has 1 N–H and O–H groups in total. The Hall–Kier alpha value is -0.0800. The SMILES string of the molecule is C1CCC(CNCC2CCCC[N]2)CC1. The lowest BCUT2D eigenvalue weighted by Gasteiger charge is -2.25. The molecule has 1 saturated carbocycles. The van der Waals surface area contributed by atoms with Crippen molar-refractivity contribution in [2.24, 2.45) is 5.92 Å². The Morgan fingerprint density at radius 3 is 2.40 bits per heavy atom. The van der Waals surface area contributed by atoms with Gasteiger partial charge in [0.25, 0.3) is 0 Å². The van der Waals surface area contributed by atoms with Gasteiger partial charge in [0.05, 0.1) is 0 Å². The lowest BCUT2D eigenvalue weighted by Crippen LogP contribution is -2.39. The monoisotopic (exact) mass is 209 g/mol. The van der Waals surface area contributed by atoms with Crippen LogP contribution in [0.5, 0.6) is 0 Å². The molecule has 2 heteroatoms. The van der Waals surface area contributed by atoms with Gasteiger partial charge in [-0.25, -0.2) is 5.32 Å². The Balaban J connectivity index is 1.53. The van der Waals surface area contributed by atoms with E-state index in [1.54, 1.807) is 0 Å². The Morgan fingerprint density at radius 1 is 0.867 bits per heavy atom. The van der Waals surface area contributed by atoms with Gasteiger partial charge in [0, 0.05) is 19.1 Å². The van der Waals surface area contributed by atoms with Gasteiger partial charge < -0.3 is 5.32 Å². The lowest BCUT2D eigenvalue weighted by atomic mass is 9.89. The molecule has 0 aromatic heterocycles. The molecule has 1 atom stereocenters. The first kappa shape index (κ1) is 11.4. The summed E-state index contributed by atoms with van der Waals surface area (Å²) in [7, 11) is 0. The maximum atomic E-state index is 4.65. The molecule has 2 rings (SSSR count). The Bertz CT molecular complexity index is 140. The summed E-state index contributed by atoms with van der Waals surface area (Å²) >= 11 is 0. The standard InChI is InChI=1S/C13H25N2/c1-2-6-12(7-3-1)10-14-11-13-8-4-5-9-15-13/h12-14H,1-11H2. The number of hydrogen-bond acceptors (Lipinski definition) is 1. The summed E-state index contributed by atoms with van der Waals surface area (Å²) in [4.78, 5) is 0. The normalized spacial score (nSPS) is 29.2. The summed E-state index contributed by atoms with van der Waals surface area (Å²) < 4.78 is 0. The molecule has 0 aromatic carbocycles. The topological polar surface area (TPSA) is 26.1 Å². The maximum Gasteiger partial charge on any atom is 0.0370 e. The molecule has 1 saturated heterocycles. The van der Waals surface area contributed by atoms with Crippen LogP contribution in [-0.4, -0.2) is 25.7 Å². The van der Waals surface area contributed by atoms with Crippen molar-refractivity contribution in [3.8, 4) is 0 Å². The molecule has 2 nitrogen and oxygen atoms in total. The zero-order chi connectivity index (χ0) is 10.3. The van der Waals surface area contributed by atoms with Crippen molar-refractivity contribution in [3.05, 3.63) is 0 Å². The summed E-state index contributed by atoms with van der Waals surface area (Å²) in [6.45, 7) is 3.48. The second kappa shape index (κ2) is 6.49. The van der Waals surface area contributed by atoms with E-state index in [1.807, 2.05) is 0 Å². The van der Waals surface area contributed by atoms with Crippen molar-refractivity contribution >= 4 is 0 Å².